The number of nitrogens with two attached hydrogens (primary N) is 1. The molecule has 0 bridgehead atoms. The molecule has 0 aliphatic heterocycles. The minimum absolute atomic E-state index is 0.115. The summed E-state index contributed by atoms with van der Waals surface area (Å²) in [5.41, 5.74) is 7.22. The third kappa shape index (κ3) is 4.03. The highest BCUT2D eigenvalue weighted by molar-refractivity contribution is 7.18. The van der Waals surface area contributed by atoms with Crippen LogP contribution in [-0.2, 0) is 16.1 Å². The van der Waals surface area contributed by atoms with Crippen molar-refractivity contribution in [2.24, 2.45) is 0 Å². The average molecular weight is 413 g/mol. The van der Waals surface area contributed by atoms with E-state index in [1.807, 2.05) is 36.4 Å². The molecule has 0 aliphatic rings. The molecule has 142 valence electrons. The summed E-state index contributed by atoms with van der Waals surface area (Å²) in [6.45, 7) is 1.58. The molecule has 7 nitrogen and oxygen atoms in total. The minimum Gasteiger partial charge on any atom is -0.462 e. The fraction of sp³-hybridized carbons (Fsp3) is 0.158. The smallest absolute Gasteiger partial charge is 0.358 e. The van der Waals surface area contributed by atoms with Crippen LogP contribution < -0.4 is 5.73 Å². The van der Waals surface area contributed by atoms with Crippen molar-refractivity contribution in [2.45, 2.75) is 13.5 Å². The van der Waals surface area contributed by atoms with Crippen LogP contribution in [-0.4, -0.2) is 23.5 Å². The van der Waals surface area contributed by atoms with Gasteiger partial charge in [-0.1, -0.05) is 30.3 Å². The molecule has 0 amide bonds. The van der Waals surface area contributed by atoms with Gasteiger partial charge < -0.3 is 15.2 Å². The first-order chi connectivity index (χ1) is 13.5. The first-order valence-electron chi connectivity index (χ1n) is 8.21. The number of carbonyl (C=O) groups is 2. The van der Waals surface area contributed by atoms with Crippen LogP contribution in [0.5, 0.6) is 0 Å². The lowest BCUT2D eigenvalue weighted by Gasteiger charge is -2.05. The predicted molar refractivity (Wildman–Crippen MR) is 106 cm³/mol. The van der Waals surface area contributed by atoms with Crippen molar-refractivity contribution >= 4 is 39.6 Å². The predicted octanol–water partition coefficient (Wildman–Crippen LogP) is 3.86. The Kier molecular flexibility index (Phi) is 6.03. The van der Waals surface area contributed by atoms with Crippen LogP contribution in [0.1, 0.15) is 38.2 Å². The van der Waals surface area contributed by atoms with Crippen LogP contribution in [0.15, 0.2) is 35.7 Å². The summed E-state index contributed by atoms with van der Waals surface area (Å²) in [6.07, 6.45) is 0. The molecule has 0 saturated heterocycles. The quantitative estimate of drug-likeness (QED) is 0.610. The Bertz CT molecular complexity index is 1050. The number of anilines is 1. The molecule has 0 radical (unpaired) electrons. The number of carbonyl (C=O) groups excluding carboxylic acids is 2. The number of thiophene rings is 1. The zero-order chi connectivity index (χ0) is 20.1. The number of rotatable bonds is 6. The molecule has 0 unspecified atom stereocenters. The number of nitrogen functional groups attached to an aromatic ring is 1. The van der Waals surface area contributed by atoms with Crippen LogP contribution in [0, 0.1) is 11.3 Å². The maximum absolute atomic E-state index is 12.4. The van der Waals surface area contributed by atoms with E-state index in [-0.39, 0.29) is 39.9 Å². The molecule has 0 saturated carbocycles. The second-order valence-electron chi connectivity index (χ2n) is 5.46. The van der Waals surface area contributed by atoms with Crippen molar-refractivity contribution in [3.05, 3.63) is 57.4 Å². The summed E-state index contributed by atoms with van der Waals surface area (Å²) in [4.78, 5) is 28.9. The number of hydrogen-bond donors (Lipinski definition) is 1. The van der Waals surface area contributed by atoms with E-state index in [9.17, 15) is 14.9 Å². The highest BCUT2D eigenvalue weighted by Crippen LogP contribution is 2.32. The van der Waals surface area contributed by atoms with E-state index in [0.717, 1.165) is 16.9 Å². The number of ether oxygens (including phenoxy) is 2. The third-order valence-corrected chi connectivity index (χ3v) is 5.62. The summed E-state index contributed by atoms with van der Waals surface area (Å²) >= 11 is 2.26. The Morgan fingerprint density at radius 3 is 2.64 bits per heavy atom. The number of benzene rings is 1. The van der Waals surface area contributed by atoms with Crippen LogP contribution >= 0.6 is 22.7 Å². The number of nitriles is 1. The zero-order valence-electron chi connectivity index (χ0n) is 14.8. The molecule has 28 heavy (non-hydrogen) atoms. The molecule has 9 heteroatoms. The number of thiazole rings is 1. The molecule has 0 fully saturated rings. The van der Waals surface area contributed by atoms with Crippen molar-refractivity contribution in [1.29, 1.82) is 5.26 Å². The first-order valence-corrected chi connectivity index (χ1v) is 9.91. The van der Waals surface area contributed by atoms with Gasteiger partial charge >= 0.3 is 11.9 Å². The molecule has 3 rings (SSSR count). The lowest BCUT2D eigenvalue weighted by Crippen LogP contribution is -2.10. The molecule has 0 atom stereocenters. The maximum Gasteiger partial charge on any atom is 0.358 e. The second kappa shape index (κ2) is 8.65. The molecule has 2 N–H and O–H groups in total. The number of esters is 2. The number of aromatic nitrogens is 1. The maximum atomic E-state index is 12.4. The van der Waals surface area contributed by atoms with Crippen molar-refractivity contribution < 1.29 is 19.1 Å². The Hall–Kier alpha value is -3.22. The van der Waals surface area contributed by atoms with E-state index < -0.39 is 11.9 Å². The first kappa shape index (κ1) is 19.5. The SMILES string of the molecule is CCOC(=O)c1sc(N)c(C#N)c1COC(=O)c1csc(-c2ccccc2)n1. The number of nitrogens with zero attached hydrogens (tertiary/aromatic N) is 2. The van der Waals surface area contributed by atoms with Gasteiger partial charge in [0, 0.05) is 16.5 Å². The Morgan fingerprint density at radius 2 is 1.96 bits per heavy atom. The Labute approximate surface area is 169 Å². The zero-order valence-corrected chi connectivity index (χ0v) is 16.4. The van der Waals surface area contributed by atoms with Gasteiger partial charge in [0.25, 0.3) is 0 Å². The average Bonchev–Trinajstić information content (AvgIpc) is 3.31. The van der Waals surface area contributed by atoms with E-state index in [1.165, 1.54) is 11.3 Å². The topological polar surface area (TPSA) is 115 Å². The third-order valence-electron chi connectivity index (χ3n) is 3.69. The molecule has 0 spiro atoms. The van der Waals surface area contributed by atoms with Crippen LogP contribution in [0.3, 0.4) is 0 Å². The van der Waals surface area contributed by atoms with Gasteiger partial charge in [0.2, 0.25) is 0 Å². The molecule has 0 aliphatic carbocycles. The number of hydrogen-bond acceptors (Lipinski definition) is 9. The van der Waals surface area contributed by atoms with Crippen molar-refractivity contribution in [3.63, 3.8) is 0 Å². The van der Waals surface area contributed by atoms with Crippen LogP contribution in [0.2, 0.25) is 0 Å². The van der Waals surface area contributed by atoms with Gasteiger partial charge in [0.15, 0.2) is 5.69 Å². The lowest BCUT2D eigenvalue weighted by atomic mass is 10.1. The Balaban J connectivity index is 1.77. The summed E-state index contributed by atoms with van der Waals surface area (Å²) in [5.74, 6) is -1.26. The van der Waals surface area contributed by atoms with Crippen LogP contribution in [0.4, 0.5) is 5.00 Å². The van der Waals surface area contributed by atoms with E-state index in [1.54, 1.807) is 12.3 Å². The van der Waals surface area contributed by atoms with Crippen molar-refractivity contribution in [3.8, 4) is 16.6 Å². The van der Waals surface area contributed by atoms with Gasteiger partial charge in [-0.05, 0) is 6.92 Å². The highest BCUT2D eigenvalue weighted by Gasteiger charge is 2.24. The van der Waals surface area contributed by atoms with E-state index >= 15 is 0 Å². The fourth-order valence-corrected chi connectivity index (χ4v) is 4.11. The van der Waals surface area contributed by atoms with Gasteiger partial charge in [0.05, 0.1) is 12.2 Å². The molecule has 3 aromatic rings. The van der Waals surface area contributed by atoms with E-state index in [4.69, 9.17) is 15.2 Å². The monoisotopic (exact) mass is 413 g/mol. The second-order valence-corrected chi connectivity index (χ2v) is 7.37. The molecule has 1 aromatic carbocycles. The Morgan fingerprint density at radius 1 is 1.21 bits per heavy atom. The summed E-state index contributed by atoms with van der Waals surface area (Å²) < 4.78 is 10.3. The molecule has 2 aromatic heterocycles. The van der Waals surface area contributed by atoms with Gasteiger partial charge in [-0.2, -0.15) is 5.26 Å². The molecular formula is C19H15N3O4S2. The largest absolute Gasteiger partial charge is 0.462 e. The standard InChI is InChI=1S/C19H15N3O4S2/c1-2-25-19(24)15-13(12(8-20)16(21)28-15)9-26-18(23)14-10-27-17(22-14)11-6-4-3-5-7-11/h3-7,10H,2,9,21H2,1H3. The summed E-state index contributed by atoms with van der Waals surface area (Å²) in [5, 5.41) is 11.8. The fourth-order valence-electron chi connectivity index (χ4n) is 2.40. The van der Waals surface area contributed by atoms with E-state index in [0.29, 0.717) is 5.01 Å². The van der Waals surface area contributed by atoms with Gasteiger partial charge in [-0.15, -0.1) is 22.7 Å². The minimum atomic E-state index is -0.651. The van der Waals surface area contributed by atoms with Crippen molar-refractivity contribution in [2.75, 3.05) is 12.3 Å². The normalized spacial score (nSPS) is 10.3. The molecule has 2 heterocycles. The molecular weight excluding hydrogens is 398 g/mol. The lowest BCUT2D eigenvalue weighted by molar-refractivity contribution is 0.0448. The summed E-state index contributed by atoms with van der Waals surface area (Å²) in [7, 11) is 0. The van der Waals surface area contributed by atoms with E-state index in [2.05, 4.69) is 4.98 Å². The van der Waals surface area contributed by atoms with Gasteiger partial charge in [0.1, 0.15) is 27.6 Å². The van der Waals surface area contributed by atoms with Crippen molar-refractivity contribution in [1.82, 2.24) is 4.98 Å². The van der Waals surface area contributed by atoms with Gasteiger partial charge in [-0.25, -0.2) is 14.6 Å². The van der Waals surface area contributed by atoms with Crippen LogP contribution in [0.25, 0.3) is 10.6 Å². The highest BCUT2D eigenvalue weighted by atomic mass is 32.1. The van der Waals surface area contributed by atoms with Gasteiger partial charge in [-0.3, -0.25) is 0 Å². The summed E-state index contributed by atoms with van der Waals surface area (Å²) in [6, 6.07) is 11.4.